The van der Waals surface area contributed by atoms with Crippen LogP contribution in [-0.2, 0) is 13.6 Å². The van der Waals surface area contributed by atoms with Crippen molar-refractivity contribution >= 4 is 27.3 Å². The molecule has 0 bridgehead atoms. The molecule has 70 valence electrons. The van der Waals surface area contributed by atoms with Crippen LogP contribution in [0.15, 0.2) is 30.3 Å². The summed E-state index contributed by atoms with van der Waals surface area (Å²) in [5, 5.41) is 0. The Hall–Kier alpha value is -0.756. The average Bonchev–Trinajstić information content (AvgIpc) is 2.27. The zero-order valence-electron chi connectivity index (χ0n) is 7.34. The zero-order chi connectivity index (χ0) is 10.4. The Balaban J connectivity index is 2.86. The molecular weight excluding hydrogens is 212 g/mol. The summed E-state index contributed by atoms with van der Waals surface area (Å²) in [6.45, 7) is 0. The quantitative estimate of drug-likeness (QED) is 0.535. The molecule has 0 aliphatic heterocycles. The van der Waals surface area contributed by atoms with E-state index in [-0.39, 0.29) is 0 Å². The third kappa shape index (κ3) is 2.61. The summed E-state index contributed by atoms with van der Waals surface area (Å²) >= 11 is 0. The highest BCUT2D eigenvalue weighted by molar-refractivity contribution is 5.99. The van der Waals surface area contributed by atoms with Crippen molar-refractivity contribution in [1.29, 1.82) is 0 Å². The van der Waals surface area contributed by atoms with Gasteiger partial charge >= 0.3 is 0 Å². The van der Waals surface area contributed by atoms with E-state index in [9.17, 15) is 4.79 Å². The normalized spacial score (nSPS) is 14.7. The lowest BCUT2D eigenvalue weighted by atomic mass is 10.1. The van der Waals surface area contributed by atoms with Gasteiger partial charge in [0.1, 0.15) is 18.5 Å². The van der Waals surface area contributed by atoms with Crippen molar-refractivity contribution in [3.05, 3.63) is 35.9 Å². The van der Waals surface area contributed by atoms with Gasteiger partial charge in [-0.05, 0) is 5.56 Å². The molecule has 6 radical (unpaired) electrons. The van der Waals surface area contributed by atoms with E-state index in [0.717, 1.165) is 5.56 Å². The largest absolute Gasteiger partial charge is 0.409 e. The van der Waals surface area contributed by atoms with E-state index in [1.807, 2.05) is 30.3 Å². The third-order valence-corrected chi connectivity index (χ3v) is 2.35. The standard InChI is InChI=1S/C9H8O3Si2/c10-6-8(11-13)9(12-14)7-4-2-1-3-5-7/h1-6,8-9H/t8-,9+/m0/s1. The van der Waals surface area contributed by atoms with Gasteiger partial charge in [-0.25, -0.2) is 0 Å². The Morgan fingerprint density at radius 3 is 2.21 bits per heavy atom. The lowest BCUT2D eigenvalue weighted by Gasteiger charge is -2.20. The maximum absolute atomic E-state index is 10.7. The molecule has 0 amide bonds. The first-order valence-electron chi connectivity index (χ1n) is 3.98. The van der Waals surface area contributed by atoms with E-state index in [2.05, 4.69) is 21.0 Å². The monoisotopic (exact) mass is 220 g/mol. The van der Waals surface area contributed by atoms with Crippen LogP contribution in [0.4, 0.5) is 0 Å². The van der Waals surface area contributed by atoms with E-state index in [0.29, 0.717) is 6.29 Å². The van der Waals surface area contributed by atoms with Gasteiger partial charge in [0, 0.05) is 0 Å². The Labute approximate surface area is 89.5 Å². The van der Waals surface area contributed by atoms with Crippen molar-refractivity contribution in [3.8, 4) is 0 Å². The predicted molar refractivity (Wildman–Crippen MR) is 52.7 cm³/mol. The van der Waals surface area contributed by atoms with Crippen molar-refractivity contribution in [2.75, 3.05) is 0 Å². The lowest BCUT2D eigenvalue weighted by Crippen LogP contribution is -2.24. The van der Waals surface area contributed by atoms with E-state index >= 15 is 0 Å². The number of aldehydes is 1. The number of hydrogen-bond donors (Lipinski definition) is 0. The first kappa shape index (κ1) is 11.3. The minimum atomic E-state index is -0.688. The van der Waals surface area contributed by atoms with Gasteiger partial charge < -0.3 is 13.6 Å². The smallest absolute Gasteiger partial charge is 0.247 e. The Bertz CT molecular complexity index is 279. The first-order chi connectivity index (χ1) is 6.83. The molecule has 1 aromatic carbocycles. The molecule has 3 nitrogen and oxygen atoms in total. The van der Waals surface area contributed by atoms with Gasteiger partial charge in [0.25, 0.3) is 0 Å². The summed E-state index contributed by atoms with van der Waals surface area (Å²) in [7, 11) is 5.75. The molecule has 0 fully saturated rings. The fourth-order valence-electron chi connectivity index (χ4n) is 1.13. The second-order valence-electron chi connectivity index (χ2n) is 2.67. The van der Waals surface area contributed by atoms with E-state index in [4.69, 9.17) is 8.85 Å². The van der Waals surface area contributed by atoms with Gasteiger partial charge in [-0.15, -0.1) is 0 Å². The molecular formula is C9H8O3Si2. The third-order valence-electron chi connectivity index (χ3n) is 1.82. The summed E-state index contributed by atoms with van der Waals surface area (Å²) in [4.78, 5) is 10.7. The number of hydrogen-bond acceptors (Lipinski definition) is 3. The molecule has 0 N–H and O–H groups in total. The average molecular weight is 220 g/mol. The van der Waals surface area contributed by atoms with Gasteiger partial charge in [-0.1, -0.05) is 30.3 Å². The fourth-order valence-corrected chi connectivity index (χ4v) is 1.58. The number of carbonyl (C=O) groups excluding carboxylic acids is 1. The molecule has 0 unspecified atom stereocenters. The summed E-state index contributed by atoms with van der Waals surface area (Å²) in [6, 6.07) is 9.32. The van der Waals surface area contributed by atoms with Crippen molar-refractivity contribution in [2.24, 2.45) is 0 Å². The maximum atomic E-state index is 10.7. The zero-order valence-corrected chi connectivity index (χ0v) is 9.34. The number of carbonyl (C=O) groups is 1. The van der Waals surface area contributed by atoms with Crippen LogP contribution in [0.25, 0.3) is 0 Å². The van der Waals surface area contributed by atoms with E-state index in [1.54, 1.807) is 0 Å². The summed E-state index contributed by atoms with van der Waals surface area (Å²) < 4.78 is 9.79. The van der Waals surface area contributed by atoms with Crippen LogP contribution in [-0.4, -0.2) is 33.4 Å². The molecule has 0 spiro atoms. The Morgan fingerprint density at radius 1 is 1.14 bits per heavy atom. The van der Waals surface area contributed by atoms with Crippen LogP contribution in [0.5, 0.6) is 0 Å². The molecule has 0 heterocycles. The highest BCUT2D eigenvalue weighted by Crippen LogP contribution is 2.20. The van der Waals surface area contributed by atoms with E-state index < -0.39 is 12.2 Å². The van der Waals surface area contributed by atoms with Crippen molar-refractivity contribution in [3.63, 3.8) is 0 Å². The van der Waals surface area contributed by atoms with Crippen LogP contribution < -0.4 is 0 Å². The molecule has 1 aromatic rings. The van der Waals surface area contributed by atoms with E-state index in [1.165, 1.54) is 0 Å². The molecule has 0 saturated heterocycles. The summed E-state index contributed by atoms with van der Waals surface area (Å²) in [5.41, 5.74) is 0.859. The Morgan fingerprint density at radius 2 is 1.79 bits per heavy atom. The molecule has 0 aliphatic rings. The van der Waals surface area contributed by atoms with Gasteiger partial charge in [-0.3, -0.25) is 0 Å². The van der Waals surface area contributed by atoms with Crippen LogP contribution in [0, 0.1) is 0 Å². The molecule has 5 heteroatoms. The highest BCUT2D eigenvalue weighted by Gasteiger charge is 2.20. The van der Waals surface area contributed by atoms with Gasteiger partial charge in [0.2, 0.25) is 21.0 Å². The maximum Gasteiger partial charge on any atom is 0.247 e. The van der Waals surface area contributed by atoms with Gasteiger partial charge in [0.05, 0.1) is 0 Å². The number of rotatable bonds is 5. The summed E-state index contributed by atoms with van der Waals surface area (Å²) in [6.07, 6.45) is -0.486. The van der Waals surface area contributed by atoms with Gasteiger partial charge in [0.15, 0.2) is 0 Å². The summed E-state index contributed by atoms with van der Waals surface area (Å²) in [5.74, 6) is 0. The van der Waals surface area contributed by atoms with Crippen LogP contribution in [0.3, 0.4) is 0 Å². The van der Waals surface area contributed by atoms with Crippen LogP contribution in [0.1, 0.15) is 11.7 Å². The Kier molecular flexibility index (Phi) is 4.74. The van der Waals surface area contributed by atoms with Crippen molar-refractivity contribution in [1.82, 2.24) is 0 Å². The second kappa shape index (κ2) is 5.87. The van der Waals surface area contributed by atoms with Crippen LogP contribution in [0.2, 0.25) is 0 Å². The lowest BCUT2D eigenvalue weighted by molar-refractivity contribution is -0.117. The SMILES string of the molecule is O=C[C@H](O[Si])[C@H](O[Si])c1ccccc1. The van der Waals surface area contributed by atoms with Crippen molar-refractivity contribution in [2.45, 2.75) is 12.2 Å². The molecule has 1 rings (SSSR count). The minimum absolute atomic E-state index is 0.470. The first-order valence-corrected chi connectivity index (χ1v) is 4.80. The minimum Gasteiger partial charge on any atom is -0.409 e. The van der Waals surface area contributed by atoms with Gasteiger partial charge in [-0.2, -0.15) is 0 Å². The number of benzene rings is 1. The van der Waals surface area contributed by atoms with Crippen LogP contribution >= 0.6 is 0 Å². The fraction of sp³-hybridized carbons (Fsp3) is 0.222. The molecule has 0 aromatic heterocycles. The molecule has 0 aliphatic carbocycles. The highest BCUT2D eigenvalue weighted by atomic mass is 28.2. The second-order valence-corrected chi connectivity index (χ2v) is 3.14. The van der Waals surface area contributed by atoms with Crippen molar-refractivity contribution < 1.29 is 13.6 Å². The molecule has 0 saturated carbocycles. The predicted octanol–water partition coefficient (Wildman–Crippen LogP) is 0.495. The topological polar surface area (TPSA) is 35.5 Å². The molecule has 2 atom stereocenters. The molecule has 14 heavy (non-hydrogen) atoms.